The first kappa shape index (κ1) is 10.9. The van der Waals surface area contributed by atoms with E-state index in [0.29, 0.717) is 20.4 Å². The molecule has 0 radical (unpaired) electrons. The van der Waals surface area contributed by atoms with Gasteiger partial charge in [0.25, 0.3) is 5.69 Å². The van der Waals surface area contributed by atoms with Crippen LogP contribution >= 0.6 is 43.5 Å². The monoisotopic (exact) mass is 327 g/mol. The Morgan fingerprint density at radius 2 is 2.15 bits per heavy atom. The lowest BCUT2D eigenvalue weighted by molar-refractivity contribution is -0.385. The van der Waals surface area contributed by atoms with Gasteiger partial charge in [0, 0.05) is 21.4 Å². The van der Waals surface area contributed by atoms with Crippen molar-refractivity contribution in [2.75, 3.05) is 0 Å². The van der Waals surface area contributed by atoms with E-state index in [0.717, 1.165) is 0 Å². The lowest BCUT2D eigenvalue weighted by Gasteiger charge is -2.01. The van der Waals surface area contributed by atoms with E-state index in [9.17, 15) is 10.1 Å². The Bertz CT molecular complexity index is 357. The molecule has 0 bridgehead atoms. The summed E-state index contributed by atoms with van der Waals surface area (Å²) in [4.78, 5) is 10.1. The molecule has 6 heteroatoms. The number of halogens is 3. The average molecular weight is 329 g/mol. The van der Waals surface area contributed by atoms with Gasteiger partial charge < -0.3 is 0 Å². The molecule has 0 aromatic heterocycles. The summed E-state index contributed by atoms with van der Waals surface area (Å²) in [6, 6.07) is 2.97. The van der Waals surface area contributed by atoms with Gasteiger partial charge in [0.1, 0.15) is 0 Å². The van der Waals surface area contributed by atoms with Gasteiger partial charge in [-0.25, -0.2) is 0 Å². The normalized spacial score (nSPS) is 10.1. The predicted molar refractivity (Wildman–Crippen MR) is 58.4 cm³/mol. The van der Waals surface area contributed by atoms with Gasteiger partial charge in [-0.15, -0.1) is 0 Å². The molecule has 0 spiro atoms. The lowest BCUT2D eigenvalue weighted by Crippen LogP contribution is -1.93. The third kappa shape index (κ3) is 2.42. The summed E-state index contributed by atoms with van der Waals surface area (Å²) in [6.45, 7) is 0. The Kier molecular flexibility index (Phi) is 3.70. The molecule has 0 fully saturated rings. The number of nitro benzene ring substituents is 1. The zero-order valence-electron chi connectivity index (χ0n) is 6.26. The molecule has 0 heterocycles. The first-order chi connectivity index (χ1) is 6.06. The molecular formula is C7H4Br2ClNO2. The van der Waals surface area contributed by atoms with Gasteiger partial charge in [0.2, 0.25) is 0 Å². The minimum atomic E-state index is -0.433. The number of hydrogen-bond donors (Lipinski definition) is 0. The summed E-state index contributed by atoms with van der Waals surface area (Å²) in [5.41, 5.74) is 0.631. The molecule has 0 N–H and O–H groups in total. The Morgan fingerprint density at radius 3 is 2.62 bits per heavy atom. The molecule has 13 heavy (non-hydrogen) atoms. The molecule has 0 amide bonds. The molecule has 0 aliphatic rings. The maximum Gasteiger partial charge on any atom is 0.274 e. The first-order valence-corrected chi connectivity index (χ1v) is 5.53. The van der Waals surface area contributed by atoms with Crippen LogP contribution in [0.1, 0.15) is 5.56 Å². The molecule has 0 saturated carbocycles. The van der Waals surface area contributed by atoms with Crippen LogP contribution in [0.5, 0.6) is 0 Å². The summed E-state index contributed by atoms with van der Waals surface area (Å²) < 4.78 is 0.533. The maximum atomic E-state index is 10.6. The van der Waals surface area contributed by atoms with Crippen LogP contribution in [0.15, 0.2) is 16.6 Å². The molecule has 3 nitrogen and oxygen atoms in total. The number of nitro groups is 1. The number of alkyl halides is 1. The van der Waals surface area contributed by atoms with Crippen LogP contribution in [0.25, 0.3) is 0 Å². The number of hydrogen-bond acceptors (Lipinski definition) is 2. The van der Waals surface area contributed by atoms with Gasteiger partial charge in [-0.2, -0.15) is 0 Å². The average Bonchev–Trinajstić information content (AvgIpc) is 2.08. The summed E-state index contributed by atoms with van der Waals surface area (Å²) in [5.74, 6) is 0. The molecule has 0 aliphatic heterocycles. The van der Waals surface area contributed by atoms with Crippen molar-refractivity contribution < 1.29 is 4.92 Å². The SMILES string of the molecule is O=[N+]([O-])c1cc(Br)c(Cl)cc1CBr. The minimum Gasteiger partial charge on any atom is -0.258 e. The predicted octanol–water partition coefficient (Wildman–Crippen LogP) is 3.91. The molecule has 0 unspecified atom stereocenters. The van der Waals surface area contributed by atoms with Crippen LogP contribution in [0.3, 0.4) is 0 Å². The highest BCUT2D eigenvalue weighted by Gasteiger charge is 2.15. The Labute approximate surface area is 96.5 Å². The molecule has 70 valence electrons. The summed E-state index contributed by atoms with van der Waals surface area (Å²) in [6.07, 6.45) is 0. The largest absolute Gasteiger partial charge is 0.274 e. The molecule has 0 atom stereocenters. The van der Waals surface area contributed by atoms with E-state index < -0.39 is 4.92 Å². The van der Waals surface area contributed by atoms with Gasteiger partial charge in [0.15, 0.2) is 0 Å². The fourth-order valence-corrected chi connectivity index (χ4v) is 1.82. The molecule has 0 aliphatic carbocycles. The molecule has 1 aromatic carbocycles. The quantitative estimate of drug-likeness (QED) is 0.469. The van der Waals surface area contributed by atoms with Crippen molar-refractivity contribution in [2.45, 2.75) is 5.33 Å². The molecule has 0 saturated heterocycles. The van der Waals surface area contributed by atoms with E-state index in [1.165, 1.54) is 6.07 Å². The summed E-state index contributed by atoms with van der Waals surface area (Å²) in [5, 5.41) is 11.5. The number of rotatable bonds is 2. The van der Waals surface area contributed by atoms with Crippen LogP contribution in [0, 0.1) is 10.1 Å². The maximum absolute atomic E-state index is 10.6. The van der Waals surface area contributed by atoms with Crippen LogP contribution in [0.4, 0.5) is 5.69 Å². The van der Waals surface area contributed by atoms with Crippen molar-refractivity contribution in [3.8, 4) is 0 Å². The van der Waals surface area contributed by atoms with Gasteiger partial charge in [-0.3, -0.25) is 10.1 Å². The van der Waals surface area contributed by atoms with Crippen molar-refractivity contribution in [1.82, 2.24) is 0 Å². The molecule has 1 rings (SSSR count). The summed E-state index contributed by atoms with van der Waals surface area (Å²) >= 11 is 12.1. The van der Waals surface area contributed by atoms with Crippen LogP contribution in [0.2, 0.25) is 5.02 Å². The second-order valence-electron chi connectivity index (χ2n) is 2.29. The lowest BCUT2D eigenvalue weighted by atomic mass is 10.2. The van der Waals surface area contributed by atoms with Crippen LogP contribution < -0.4 is 0 Å². The van der Waals surface area contributed by atoms with Crippen molar-refractivity contribution in [2.24, 2.45) is 0 Å². The van der Waals surface area contributed by atoms with Gasteiger partial charge in [-0.1, -0.05) is 27.5 Å². The Morgan fingerprint density at radius 1 is 1.54 bits per heavy atom. The van der Waals surface area contributed by atoms with E-state index >= 15 is 0 Å². The van der Waals surface area contributed by atoms with E-state index in [1.807, 2.05) is 0 Å². The second kappa shape index (κ2) is 4.39. The molecular weight excluding hydrogens is 325 g/mol. The third-order valence-electron chi connectivity index (χ3n) is 1.46. The highest BCUT2D eigenvalue weighted by molar-refractivity contribution is 9.10. The van der Waals surface area contributed by atoms with Gasteiger partial charge >= 0.3 is 0 Å². The third-order valence-corrected chi connectivity index (χ3v) is 3.26. The Hall–Kier alpha value is -0.130. The van der Waals surface area contributed by atoms with Crippen molar-refractivity contribution >= 4 is 49.1 Å². The fraction of sp³-hybridized carbons (Fsp3) is 0.143. The topological polar surface area (TPSA) is 43.1 Å². The van der Waals surface area contributed by atoms with Gasteiger partial charge in [0.05, 0.1) is 9.95 Å². The van der Waals surface area contributed by atoms with E-state index in [2.05, 4.69) is 31.9 Å². The zero-order valence-corrected chi connectivity index (χ0v) is 10.2. The van der Waals surface area contributed by atoms with E-state index in [1.54, 1.807) is 6.07 Å². The standard InChI is InChI=1S/C7H4Br2ClNO2/c8-3-4-1-6(10)5(9)2-7(4)11(12)13/h1-2H,3H2. The molecule has 1 aromatic rings. The Balaban J connectivity index is 3.33. The smallest absolute Gasteiger partial charge is 0.258 e. The minimum absolute atomic E-state index is 0.0631. The second-order valence-corrected chi connectivity index (χ2v) is 4.11. The van der Waals surface area contributed by atoms with E-state index in [4.69, 9.17) is 11.6 Å². The summed E-state index contributed by atoms with van der Waals surface area (Å²) in [7, 11) is 0. The zero-order chi connectivity index (χ0) is 10.0. The van der Waals surface area contributed by atoms with E-state index in [-0.39, 0.29) is 5.69 Å². The van der Waals surface area contributed by atoms with Crippen LogP contribution in [-0.4, -0.2) is 4.92 Å². The van der Waals surface area contributed by atoms with Crippen molar-refractivity contribution in [3.05, 3.63) is 37.3 Å². The highest BCUT2D eigenvalue weighted by atomic mass is 79.9. The van der Waals surface area contributed by atoms with Crippen LogP contribution in [-0.2, 0) is 5.33 Å². The van der Waals surface area contributed by atoms with Crippen molar-refractivity contribution in [3.63, 3.8) is 0 Å². The highest BCUT2D eigenvalue weighted by Crippen LogP contribution is 2.31. The fourth-order valence-electron chi connectivity index (χ4n) is 0.855. The number of nitrogens with zero attached hydrogens (tertiary/aromatic N) is 1. The van der Waals surface area contributed by atoms with Gasteiger partial charge in [-0.05, 0) is 22.0 Å². The van der Waals surface area contributed by atoms with Crippen molar-refractivity contribution in [1.29, 1.82) is 0 Å². The first-order valence-electron chi connectivity index (χ1n) is 3.24. The number of benzene rings is 1.